The van der Waals surface area contributed by atoms with Gasteiger partial charge in [0.25, 0.3) is 10.0 Å². The molecule has 33 heavy (non-hydrogen) atoms. The van der Waals surface area contributed by atoms with Crippen LogP contribution in [-0.2, 0) is 35.5 Å². The van der Waals surface area contributed by atoms with Crippen LogP contribution in [0.15, 0.2) is 35.2 Å². The Balaban J connectivity index is 1.95. The maximum absolute atomic E-state index is 15.2. The Morgan fingerprint density at radius 3 is 2.24 bits per heavy atom. The number of carbonyl (C=O) groups excluding carboxylic acids is 1. The fourth-order valence-electron chi connectivity index (χ4n) is 3.08. The first-order valence-corrected chi connectivity index (χ1v) is 11.4. The quantitative estimate of drug-likeness (QED) is 0.499. The molecule has 12 heteroatoms. The zero-order chi connectivity index (χ0) is 24.8. The molecule has 0 spiro atoms. The maximum atomic E-state index is 15.2. The van der Waals surface area contributed by atoms with Crippen LogP contribution in [0, 0.1) is 17.5 Å². The first-order chi connectivity index (χ1) is 15.1. The lowest BCUT2D eigenvalue weighted by atomic mass is 9.78. The van der Waals surface area contributed by atoms with Crippen LogP contribution in [-0.4, -0.2) is 32.7 Å². The minimum Gasteiger partial charge on any atom is -0.461 e. The number of hydrogen-bond acceptors (Lipinski definition) is 6. The summed E-state index contributed by atoms with van der Waals surface area (Å²) in [6.45, 7) is 7.49. The van der Waals surface area contributed by atoms with Crippen molar-refractivity contribution in [2.45, 2.75) is 57.3 Å². The molecule has 1 N–H and O–H groups in total. The Bertz CT molecular complexity index is 1190. The molecule has 1 aliphatic rings. The number of hydrogen-bond donors (Lipinski definition) is 1. The molecule has 0 amide bonds. The number of carbonyl (C=O) groups is 1. The van der Waals surface area contributed by atoms with Gasteiger partial charge in [-0.15, -0.1) is 0 Å². The van der Waals surface area contributed by atoms with E-state index in [9.17, 15) is 22.0 Å². The van der Waals surface area contributed by atoms with Gasteiger partial charge in [-0.05, 0) is 45.9 Å². The molecule has 0 saturated carbocycles. The van der Waals surface area contributed by atoms with Gasteiger partial charge in [-0.3, -0.25) is 9.52 Å². The third-order valence-corrected chi connectivity index (χ3v) is 6.94. The van der Waals surface area contributed by atoms with Gasteiger partial charge >= 0.3 is 13.1 Å². The summed E-state index contributed by atoms with van der Waals surface area (Å²) >= 11 is 0. The monoisotopic (exact) mass is 485 g/mol. The molecule has 3 rings (SSSR count). The topological polar surface area (TPSA) is 90.9 Å². The average molecular weight is 485 g/mol. The van der Waals surface area contributed by atoms with Gasteiger partial charge in [-0.1, -0.05) is 12.1 Å². The average Bonchev–Trinajstić information content (AvgIpc) is 2.90. The number of nitrogens with one attached hydrogen (secondary N) is 1. The molecule has 0 aliphatic carbocycles. The lowest BCUT2D eigenvalue weighted by molar-refractivity contribution is -0.142. The van der Waals surface area contributed by atoms with Crippen molar-refractivity contribution in [2.24, 2.45) is 0 Å². The molecule has 1 saturated heterocycles. The molecular weight excluding hydrogens is 462 g/mol. The smallest absolute Gasteiger partial charge is 0.461 e. The van der Waals surface area contributed by atoms with Crippen molar-refractivity contribution in [1.82, 2.24) is 0 Å². The van der Waals surface area contributed by atoms with Crippen molar-refractivity contribution >= 4 is 34.3 Å². The molecule has 178 valence electrons. The van der Waals surface area contributed by atoms with E-state index in [0.29, 0.717) is 12.1 Å². The molecule has 0 atom stereocenters. The van der Waals surface area contributed by atoms with Gasteiger partial charge in [0.15, 0.2) is 5.82 Å². The predicted octanol–water partition coefficient (Wildman–Crippen LogP) is 3.27. The van der Waals surface area contributed by atoms with Crippen LogP contribution in [0.1, 0.15) is 40.2 Å². The second-order valence-electron chi connectivity index (χ2n) is 8.56. The molecule has 0 bridgehead atoms. The fraction of sp³-hybridized carbons (Fsp3) is 0.381. The highest BCUT2D eigenvalue weighted by atomic mass is 32.2. The van der Waals surface area contributed by atoms with Crippen molar-refractivity contribution < 1.29 is 40.4 Å². The van der Waals surface area contributed by atoms with Crippen LogP contribution in [0.25, 0.3) is 0 Å². The molecule has 1 heterocycles. The Kier molecular flexibility index (Phi) is 6.57. The Labute approximate surface area is 190 Å². The standard InChI is InChI=1S/C21H23BF3NO6S/c1-12(27)30-11-13-9-14(23)10-17(18(13)24)33(28,29)26-16-8-6-7-15(19(16)25)22-31-20(2,3)21(4,5)32-22/h6-10,26H,11H2,1-5H3. The minimum atomic E-state index is -4.76. The van der Waals surface area contributed by atoms with E-state index in [0.717, 1.165) is 13.0 Å². The van der Waals surface area contributed by atoms with Crippen molar-refractivity contribution in [2.75, 3.05) is 4.72 Å². The van der Waals surface area contributed by atoms with Crippen molar-refractivity contribution in [3.05, 3.63) is 53.3 Å². The highest BCUT2D eigenvalue weighted by Gasteiger charge is 2.52. The third kappa shape index (κ3) is 5.02. The first-order valence-electron chi connectivity index (χ1n) is 9.93. The number of rotatable bonds is 6. The third-order valence-electron chi connectivity index (χ3n) is 5.58. The number of esters is 1. The van der Waals surface area contributed by atoms with Crippen molar-refractivity contribution in [3.63, 3.8) is 0 Å². The van der Waals surface area contributed by atoms with Gasteiger partial charge in [0.05, 0.1) is 16.9 Å². The molecule has 7 nitrogen and oxygen atoms in total. The van der Waals surface area contributed by atoms with Gasteiger partial charge in [-0.2, -0.15) is 0 Å². The SMILES string of the molecule is CC(=O)OCc1cc(F)cc(S(=O)(=O)Nc2cccc(B3OC(C)(C)C(C)(C)O3)c2F)c1F. The highest BCUT2D eigenvalue weighted by Crippen LogP contribution is 2.37. The largest absolute Gasteiger partial charge is 0.497 e. The Hall–Kier alpha value is -2.57. The summed E-state index contributed by atoms with van der Waals surface area (Å²) in [7, 11) is -5.87. The van der Waals surface area contributed by atoms with Gasteiger partial charge in [0.2, 0.25) is 0 Å². The number of anilines is 1. The predicted molar refractivity (Wildman–Crippen MR) is 115 cm³/mol. The van der Waals surface area contributed by atoms with Crippen molar-refractivity contribution in [1.29, 1.82) is 0 Å². The van der Waals surface area contributed by atoms with E-state index in [1.54, 1.807) is 27.7 Å². The normalized spacial score (nSPS) is 17.2. The summed E-state index contributed by atoms with van der Waals surface area (Å²) in [5.74, 6) is -4.16. The molecule has 1 aliphatic heterocycles. The molecular formula is C21H23BF3NO6S. The zero-order valence-corrected chi connectivity index (χ0v) is 19.5. The molecule has 0 aromatic heterocycles. The lowest BCUT2D eigenvalue weighted by Gasteiger charge is -2.32. The summed E-state index contributed by atoms with van der Waals surface area (Å²) in [5.41, 5.74) is -2.58. The number of halogens is 3. The van der Waals surface area contributed by atoms with Crippen LogP contribution < -0.4 is 10.2 Å². The second-order valence-corrected chi connectivity index (χ2v) is 10.2. The summed E-state index contributed by atoms with van der Waals surface area (Å²) in [6, 6.07) is 5.02. The summed E-state index contributed by atoms with van der Waals surface area (Å²) in [6.07, 6.45) is 0. The molecule has 2 aromatic carbocycles. The van der Waals surface area contributed by atoms with Crippen LogP contribution in [0.5, 0.6) is 0 Å². The number of sulfonamides is 1. The summed E-state index contributed by atoms with van der Waals surface area (Å²) in [4.78, 5) is 9.90. The second kappa shape index (κ2) is 8.66. The van der Waals surface area contributed by atoms with E-state index in [1.165, 1.54) is 12.1 Å². The van der Waals surface area contributed by atoms with Gasteiger partial charge < -0.3 is 14.0 Å². The lowest BCUT2D eigenvalue weighted by Crippen LogP contribution is -2.41. The Morgan fingerprint density at radius 1 is 1.06 bits per heavy atom. The summed E-state index contributed by atoms with van der Waals surface area (Å²) in [5, 5.41) is 0. The molecule has 0 unspecified atom stereocenters. The van der Waals surface area contributed by atoms with E-state index in [4.69, 9.17) is 9.31 Å². The van der Waals surface area contributed by atoms with Crippen LogP contribution in [0.4, 0.5) is 18.9 Å². The van der Waals surface area contributed by atoms with Gasteiger partial charge in [0, 0.05) is 17.9 Å². The number of benzene rings is 2. The van der Waals surface area contributed by atoms with Crippen molar-refractivity contribution in [3.8, 4) is 0 Å². The van der Waals surface area contributed by atoms with E-state index >= 15 is 4.39 Å². The van der Waals surface area contributed by atoms with E-state index in [-0.39, 0.29) is 5.46 Å². The van der Waals surface area contributed by atoms with Crippen LogP contribution in [0.2, 0.25) is 0 Å². The zero-order valence-electron chi connectivity index (χ0n) is 18.7. The Morgan fingerprint density at radius 2 is 1.67 bits per heavy atom. The highest BCUT2D eigenvalue weighted by molar-refractivity contribution is 7.92. The molecule has 2 aromatic rings. The summed E-state index contributed by atoms with van der Waals surface area (Å²) < 4.78 is 87.8. The van der Waals surface area contributed by atoms with E-state index < -0.39 is 74.5 Å². The van der Waals surface area contributed by atoms with E-state index in [2.05, 4.69) is 4.74 Å². The fourth-order valence-corrected chi connectivity index (χ4v) is 4.27. The van der Waals surface area contributed by atoms with Gasteiger partial charge in [-0.25, -0.2) is 21.6 Å². The molecule has 1 fully saturated rings. The maximum Gasteiger partial charge on any atom is 0.497 e. The van der Waals surface area contributed by atoms with E-state index in [1.807, 2.05) is 4.72 Å². The molecule has 0 radical (unpaired) electrons. The van der Waals surface area contributed by atoms with Gasteiger partial charge in [0.1, 0.15) is 23.1 Å². The first kappa shape index (κ1) is 25.1. The number of ether oxygens (including phenoxy) is 1. The minimum absolute atomic E-state index is 0.0656. The van der Waals surface area contributed by atoms with Crippen LogP contribution >= 0.6 is 0 Å². The van der Waals surface area contributed by atoms with Crippen LogP contribution in [0.3, 0.4) is 0 Å².